The van der Waals surface area contributed by atoms with Crippen LogP contribution in [0.2, 0.25) is 0 Å². The van der Waals surface area contributed by atoms with E-state index in [0.717, 1.165) is 67.7 Å². The standard InChI is InChI=1S/C21H28N4O3S/c1-15(20(26)24-11-3-4-12-24)29-21-23-22-19(16-7-9-17(27-2)10-8-16)25(21)14-18-6-5-13-28-18/h7-10,15,18H,3-6,11-14H2,1-2H3. The van der Waals surface area contributed by atoms with E-state index in [-0.39, 0.29) is 17.3 Å². The van der Waals surface area contributed by atoms with Crippen LogP contribution in [-0.2, 0) is 16.1 Å². The molecular weight excluding hydrogens is 388 g/mol. The minimum absolute atomic E-state index is 0.159. The van der Waals surface area contributed by atoms with Crippen LogP contribution in [0, 0.1) is 0 Å². The summed E-state index contributed by atoms with van der Waals surface area (Å²) in [6.45, 7) is 5.19. The van der Waals surface area contributed by atoms with Crippen molar-refractivity contribution >= 4 is 17.7 Å². The van der Waals surface area contributed by atoms with E-state index in [9.17, 15) is 4.79 Å². The summed E-state index contributed by atoms with van der Waals surface area (Å²) in [5.41, 5.74) is 0.974. The zero-order chi connectivity index (χ0) is 20.2. The van der Waals surface area contributed by atoms with Gasteiger partial charge in [0, 0.05) is 25.3 Å². The van der Waals surface area contributed by atoms with E-state index in [0.29, 0.717) is 6.54 Å². The van der Waals surface area contributed by atoms with Gasteiger partial charge in [-0.05, 0) is 56.9 Å². The molecule has 1 aromatic heterocycles. The minimum Gasteiger partial charge on any atom is -0.497 e. The Balaban J connectivity index is 1.58. The van der Waals surface area contributed by atoms with Gasteiger partial charge in [-0.1, -0.05) is 11.8 Å². The predicted molar refractivity (Wildman–Crippen MR) is 112 cm³/mol. The normalized spacial score (nSPS) is 20.2. The highest BCUT2D eigenvalue weighted by atomic mass is 32.2. The highest BCUT2D eigenvalue weighted by Gasteiger charge is 2.27. The molecule has 2 aliphatic heterocycles. The number of carbonyl (C=O) groups is 1. The molecule has 2 fully saturated rings. The van der Waals surface area contributed by atoms with E-state index in [2.05, 4.69) is 14.8 Å². The lowest BCUT2D eigenvalue weighted by molar-refractivity contribution is -0.129. The summed E-state index contributed by atoms with van der Waals surface area (Å²) in [4.78, 5) is 14.7. The first-order valence-electron chi connectivity index (χ1n) is 10.3. The van der Waals surface area contributed by atoms with Crippen LogP contribution >= 0.6 is 11.8 Å². The first kappa shape index (κ1) is 20.2. The number of aromatic nitrogens is 3. The van der Waals surface area contributed by atoms with Gasteiger partial charge in [-0.15, -0.1) is 10.2 Å². The summed E-state index contributed by atoms with van der Waals surface area (Å²) in [6, 6.07) is 7.82. The van der Waals surface area contributed by atoms with Gasteiger partial charge >= 0.3 is 0 Å². The first-order chi connectivity index (χ1) is 14.2. The third kappa shape index (κ3) is 4.59. The number of nitrogens with zero attached hydrogens (tertiary/aromatic N) is 4. The molecule has 8 heteroatoms. The number of likely N-dealkylation sites (tertiary alicyclic amines) is 1. The molecule has 0 spiro atoms. The van der Waals surface area contributed by atoms with E-state index < -0.39 is 0 Å². The van der Waals surface area contributed by atoms with Crippen LogP contribution in [-0.4, -0.2) is 63.7 Å². The van der Waals surface area contributed by atoms with Gasteiger partial charge in [0.25, 0.3) is 0 Å². The second-order valence-electron chi connectivity index (χ2n) is 7.57. The molecule has 2 atom stereocenters. The Hall–Kier alpha value is -2.06. The van der Waals surface area contributed by atoms with Crippen LogP contribution in [0.25, 0.3) is 11.4 Å². The summed E-state index contributed by atoms with van der Waals surface area (Å²) < 4.78 is 13.2. The van der Waals surface area contributed by atoms with Gasteiger partial charge in [0.1, 0.15) is 5.75 Å². The van der Waals surface area contributed by atoms with Gasteiger partial charge < -0.3 is 14.4 Å². The van der Waals surface area contributed by atoms with Crippen molar-refractivity contribution in [3.63, 3.8) is 0 Å². The Morgan fingerprint density at radius 1 is 1.24 bits per heavy atom. The van der Waals surface area contributed by atoms with Gasteiger partial charge in [-0.2, -0.15) is 0 Å². The summed E-state index contributed by atoms with van der Waals surface area (Å²) >= 11 is 1.49. The van der Waals surface area contributed by atoms with Crippen molar-refractivity contribution in [2.75, 3.05) is 26.8 Å². The molecule has 7 nitrogen and oxygen atoms in total. The topological polar surface area (TPSA) is 69.5 Å². The Morgan fingerprint density at radius 2 is 2.00 bits per heavy atom. The van der Waals surface area contributed by atoms with Crippen LogP contribution < -0.4 is 4.74 Å². The number of benzene rings is 1. The van der Waals surface area contributed by atoms with E-state index in [1.54, 1.807) is 7.11 Å². The number of amides is 1. The fraction of sp³-hybridized carbons (Fsp3) is 0.571. The van der Waals surface area contributed by atoms with Crippen molar-refractivity contribution in [3.05, 3.63) is 24.3 Å². The highest BCUT2D eigenvalue weighted by Crippen LogP contribution is 2.30. The fourth-order valence-corrected chi connectivity index (χ4v) is 4.83. The SMILES string of the molecule is COc1ccc(-c2nnc(SC(C)C(=O)N3CCCC3)n2CC2CCCO2)cc1. The highest BCUT2D eigenvalue weighted by molar-refractivity contribution is 8.00. The summed E-state index contributed by atoms with van der Waals surface area (Å²) in [7, 11) is 1.66. The molecule has 4 rings (SSSR count). The van der Waals surface area contributed by atoms with Gasteiger partial charge in [-0.25, -0.2) is 0 Å². The van der Waals surface area contributed by atoms with Crippen molar-refractivity contribution in [1.82, 2.24) is 19.7 Å². The smallest absolute Gasteiger partial charge is 0.235 e. The number of rotatable bonds is 7. The minimum atomic E-state index is -0.190. The first-order valence-corrected chi connectivity index (χ1v) is 11.2. The van der Waals surface area contributed by atoms with E-state index >= 15 is 0 Å². The Morgan fingerprint density at radius 3 is 2.66 bits per heavy atom. The molecule has 0 aliphatic carbocycles. The number of hydrogen-bond acceptors (Lipinski definition) is 6. The Labute approximate surface area is 175 Å². The molecule has 2 saturated heterocycles. The molecule has 2 aliphatic rings. The molecule has 0 radical (unpaired) electrons. The van der Waals surface area contributed by atoms with Gasteiger partial charge in [0.05, 0.1) is 25.0 Å². The van der Waals surface area contributed by atoms with Gasteiger partial charge in [0.15, 0.2) is 11.0 Å². The quantitative estimate of drug-likeness (QED) is 0.646. The number of hydrogen-bond donors (Lipinski definition) is 0. The Bertz CT molecular complexity index is 827. The molecule has 1 aromatic carbocycles. The van der Waals surface area contributed by atoms with Crippen LogP contribution in [0.3, 0.4) is 0 Å². The van der Waals surface area contributed by atoms with Crippen molar-refractivity contribution < 1.29 is 14.3 Å². The molecule has 1 amide bonds. The predicted octanol–water partition coefficient (Wildman–Crippen LogP) is 3.24. The maximum Gasteiger partial charge on any atom is 0.235 e. The van der Waals surface area contributed by atoms with Crippen molar-refractivity contribution in [1.29, 1.82) is 0 Å². The lowest BCUT2D eigenvalue weighted by atomic mass is 10.2. The van der Waals surface area contributed by atoms with Crippen molar-refractivity contribution in [2.24, 2.45) is 0 Å². The molecule has 3 heterocycles. The number of ether oxygens (including phenoxy) is 2. The summed E-state index contributed by atoms with van der Waals surface area (Å²) in [5, 5.41) is 9.49. The molecule has 0 saturated carbocycles. The number of thioether (sulfide) groups is 1. The summed E-state index contributed by atoms with van der Waals surface area (Å²) in [6.07, 6.45) is 4.47. The number of carbonyl (C=O) groups excluding carboxylic acids is 1. The maximum atomic E-state index is 12.8. The van der Waals surface area contributed by atoms with Crippen molar-refractivity contribution in [2.45, 2.75) is 55.7 Å². The van der Waals surface area contributed by atoms with Gasteiger partial charge in [0.2, 0.25) is 5.91 Å². The molecule has 156 valence electrons. The van der Waals surface area contributed by atoms with Crippen LogP contribution in [0.5, 0.6) is 5.75 Å². The lowest BCUT2D eigenvalue weighted by Gasteiger charge is -2.20. The van der Waals surface area contributed by atoms with E-state index in [1.165, 1.54) is 11.8 Å². The zero-order valence-corrected chi connectivity index (χ0v) is 17.9. The van der Waals surface area contributed by atoms with Crippen LogP contribution in [0.15, 0.2) is 29.4 Å². The van der Waals surface area contributed by atoms with Crippen LogP contribution in [0.4, 0.5) is 0 Å². The average molecular weight is 417 g/mol. The lowest BCUT2D eigenvalue weighted by Crippen LogP contribution is -2.34. The molecular formula is C21H28N4O3S. The van der Waals surface area contributed by atoms with Gasteiger partial charge in [-0.3, -0.25) is 9.36 Å². The number of methoxy groups -OCH3 is 1. The molecule has 0 bridgehead atoms. The monoisotopic (exact) mass is 416 g/mol. The average Bonchev–Trinajstić information content (AvgIpc) is 3.51. The van der Waals surface area contributed by atoms with Crippen LogP contribution in [0.1, 0.15) is 32.6 Å². The third-order valence-corrected chi connectivity index (χ3v) is 6.59. The molecule has 29 heavy (non-hydrogen) atoms. The molecule has 2 unspecified atom stereocenters. The molecule has 2 aromatic rings. The van der Waals surface area contributed by atoms with Crippen molar-refractivity contribution in [3.8, 4) is 17.1 Å². The second kappa shape index (κ2) is 9.17. The van der Waals surface area contributed by atoms with E-state index in [4.69, 9.17) is 9.47 Å². The summed E-state index contributed by atoms with van der Waals surface area (Å²) in [5.74, 6) is 1.79. The fourth-order valence-electron chi connectivity index (χ4n) is 3.89. The largest absolute Gasteiger partial charge is 0.497 e. The van der Waals surface area contributed by atoms with E-state index in [1.807, 2.05) is 36.1 Å². The second-order valence-corrected chi connectivity index (χ2v) is 8.88. The third-order valence-electron chi connectivity index (χ3n) is 5.52. The molecule has 0 N–H and O–H groups in total. The zero-order valence-electron chi connectivity index (χ0n) is 17.0. The Kier molecular flexibility index (Phi) is 6.40. The maximum absolute atomic E-state index is 12.8.